The maximum Gasteiger partial charge on any atom is 0.203 e. The average Bonchev–Trinajstić information content (AvgIpc) is 2.53. The molecule has 2 aromatic carbocycles. The van der Waals surface area contributed by atoms with Gasteiger partial charge >= 0.3 is 0 Å². The van der Waals surface area contributed by atoms with Crippen LogP contribution in [-0.4, -0.2) is 18.0 Å². The molecule has 4 nitrogen and oxygen atoms in total. The van der Waals surface area contributed by atoms with Crippen LogP contribution >= 0.6 is 0 Å². The molecule has 2 rings (SSSR count). The number of methoxy groups -OCH3 is 1. The first-order chi connectivity index (χ1) is 10.2. The van der Waals surface area contributed by atoms with Gasteiger partial charge in [-0.1, -0.05) is 36.4 Å². The SMILES string of the molecule is COc1ccc(/C=C(\C#N)C(=O)c2ccccc2)cc1O. The molecular formula is C17H13NO3. The third-order valence-corrected chi connectivity index (χ3v) is 2.91. The van der Waals surface area contributed by atoms with E-state index in [0.717, 1.165) is 0 Å². The van der Waals surface area contributed by atoms with Gasteiger partial charge in [-0.15, -0.1) is 0 Å². The number of hydrogen-bond donors (Lipinski definition) is 1. The molecule has 0 bridgehead atoms. The number of Topliss-reactive ketones (excluding diaryl/α,β-unsaturated/α-hetero) is 1. The number of allylic oxidation sites excluding steroid dienone is 1. The van der Waals surface area contributed by atoms with Gasteiger partial charge in [0.1, 0.15) is 11.6 Å². The van der Waals surface area contributed by atoms with Gasteiger partial charge in [-0.25, -0.2) is 0 Å². The Hall–Kier alpha value is -3.06. The molecular weight excluding hydrogens is 266 g/mol. The molecule has 2 aromatic rings. The number of ether oxygens (including phenoxy) is 1. The smallest absolute Gasteiger partial charge is 0.203 e. The van der Waals surface area contributed by atoms with E-state index in [4.69, 9.17) is 10.00 Å². The number of phenols is 1. The topological polar surface area (TPSA) is 70.3 Å². The lowest BCUT2D eigenvalue weighted by Crippen LogP contribution is -2.01. The minimum Gasteiger partial charge on any atom is -0.504 e. The van der Waals surface area contributed by atoms with E-state index < -0.39 is 0 Å². The summed E-state index contributed by atoms with van der Waals surface area (Å²) in [6.07, 6.45) is 1.44. The average molecular weight is 279 g/mol. The van der Waals surface area contributed by atoms with E-state index in [1.54, 1.807) is 42.5 Å². The summed E-state index contributed by atoms with van der Waals surface area (Å²) < 4.78 is 4.95. The number of aromatic hydroxyl groups is 1. The molecule has 0 aromatic heterocycles. The molecule has 0 fully saturated rings. The van der Waals surface area contributed by atoms with Crippen LogP contribution in [0.5, 0.6) is 11.5 Å². The van der Waals surface area contributed by atoms with Crippen LogP contribution in [0.15, 0.2) is 54.1 Å². The van der Waals surface area contributed by atoms with Crippen LogP contribution in [0.1, 0.15) is 15.9 Å². The third-order valence-electron chi connectivity index (χ3n) is 2.91. The Balaban J connectivity index is 2.36. The highest BCUT2D eigenvalue weighted by atomic mass is 16.5. The fraction of sp³-hybridized carbons (Fsp3) is 0.0588. The molecule has 0 unspecified atom stereocenters. The van der Waals surface area contributed by atoms with Crippen LogP contribution in [0.25, 0.3) is 6.08 Å². The molecule has 0 atom stereocenters. The van der Waals surface area contributed by atoms with Crippen molar-refractivity contribution in [1.29, 1.82) is 5.26 Å². The van der Waals surface area contributed by atoms with Gasteiger partial charge in [0, 0.05) is 5.56 Å². The zero-order chi connectivity index (χ0) is 15.2. The zero-order valence-electron chi connectivity index (χ0n) is 11.4. The number of nitrogens with zero attached hydrogens (tertiary/aromatic N) is 1. The van der Waals surface area contributed by atoms with Crippen molar-refractivity contribution >= 4 is 11.9 Å². The van der Waals surface area contributed by atoms with Crippen LogP contribution in [0, 0.1) is 11.3 Å². The second kappa shape index (κ2) is 6.40. The van der Waals surface area contributed by atoms with E-state index in [9.17, 15) is 9.90 Å². The molecule has 0 spiro atoms. The van der Waals surface area contributed by atoms with Crippen molar-refractivity contribution in [3.63, 3.8) is 0 Å². The summed E-state index contributed by atoms with van der Waals surface area (Å²) in [5.74, 6) is -0.0656. The van der Waals surface area contributed by atoms with Crippen molar-refractivity contribution in [3.8, 4) is 17.6 Å². The van der Waals surface area contributed by atoms with E-state index in [-0.39, 0.29) is 17.1 Å². The fourth-order valence-electron chi connectivity index (χ4n) is 1.86. The molecule has 1 N–H and O–H groups in total. The molecule has 0 heterocycles. The summed E-state index contributed by atoms with van der Waals surface area (Å²) in [5, 5.41) is 18.9. The van der Waals surface area contributed by atoms with E-state index in [0.29, 0.717) is 16.9 Å². The minimum atomic E-state index is -0.353. The standard InChI is InChI=1S/C17H13NO3/c1-21-16-8-7-12(10-15(16)19)9-14(11-18)17(20)13-5-3-2-4-6-13/h2-10,19H,1H3/b14-9+. The number of hydrogen-bond acceptors (Lipinski definition) is 4. The first-order valence-electron chi connectivity index (χ1n) is 6.24. The Morgan fingerprint density at radius 3 is 2.52 bits per heavy atom. The molecule has 0 aliphatic carbocycles. The van der Waals surface area contributed by atoms with Crippen molar-refractivity contribution in [2.45, 2.75) is 0 Å². The molecule has 0 aliphatic rings. The molecule has 0 aliphatic heterocycles. The molecule has 104 valence electrons. The minimum absolute atomic E-state index is 0.00534. The van der Waals surface area contributed by atoms with Crippen molar-refractivity contribution in [3.05, 3.63) is 65.2 Å². The molecule has 4 heteroatoms. The van der Waals surface area contributed by atoms with E-state index in [1.807, 2.05) is 6.07 Å². The quantitative estimate of drug-likeness (QED) is 0.530. The number of benzene rings is 2. The Labute approximate surface area is 122 Å². The lowest BCUT2D eigenvalue weighted by Gasteiger charge is -2.04. The molecule has 0 radical (unpaired) electrons. The van der Waals surface area contributed by atoms with Crippen molar-refractivity contribution in [1.82, 2.24) is 0 Å². The first kappa shape index (κ1) is 14.4. The van der Waals surface area contributed by atoms with Crippen LogP contribution in [0.3, 0.4) is 0 Å². The highest BCUT2D eigenvalue weighted by Crippen LogP contribution is 2.27. The van der Waals surface area contributed by atoms with Gasteiger partial charge < -0.3 is 9.84 Å². The lowest BCUT2D eigenvalue weighted by atomic mass is 10.0. The summed E-state index contributed by atoms with van der Waals surface area (Å²) in [7, 11) is 1.45. The van der Waals surface area contributed by atoms with Gasteiger partial charge in [0.05, 0.1) is 7.11 Å². The van der Waals surface area contributed by atoms with Crippen LogP contribution in [-0.2, 0) is 0 Å². The number of ketones is 1. The summed E-state index contributed by atoms with van der Waals surface area (Å²) >= 11 is 0. The number of carbonyl (C=O) groups is 1. The van der Waals surface area contributed by atoms with Crippen molar-refractivity contribution < 1.29 is 14.6 Å². The highest BCUT2D eigenvalue weighted by Gasteiger charge is 2.12. The van der Waals surface area contributed by atoms with Crippen LogP contribution in [0.4, 0.5) is 0 Å². The van der Waals surface area contributed by atoms with Gasteiger partial charge in [-0.05, 0) is 23.8 Å². The maximum absolute atomic E-state index is 12.2. The Kier molecular flexibility index (Phi) is 4.37. The monoisotopic (exact) mass is 279 g/mol. The normalized spacial score (nSPS) is 10.8. The number of rotatable bonds is 4. The zero-order valence-corrected chi connectivity index (χ0v) is 11.4. The summed E-state index contributed by atoms with van der Waals surface area (Å²) in [6, 6.07) is 15.1. The number of nitriles is 1. The van der Waals surface area contributed by atoms with Crippen LogP contribution < -0.4 is 4.74 Å². The Morgan fingerprint density at radius 2 is 1.95 bits per heavy atom. The largest absolute Gasteiger partial charge is 0.504 e. The Bertz CT molecular complexity index is 727. The Morgan fingerprint density at radius 1 is 1.24 bits per heavy atom. The van der Waals surface area contributed by atoms with Gasteiger partial charge in [0.2, 0.25) is 5.78 Å². The van der Waals surface area contributed by atoms with Gasteiger partial charge in [-0.3, -0.25) is 4.79 Å². The summed E-state index contributed by atoms with van der Waals surface area (Å²) in [5.41, 5.74) is 1.00. The fourth-order valence-corrected chi connectivity index (χ4v) is 1.86. The molecule has 0 amide bonds. The maximum atomic E-state index is 12.2. The van der Waals surface area contributed by atoms with Crippen LogP contribution in [0.2, 0.25) is 0 Å². The number of carbonyl (C=O) groups excluding carboxylic acids is 1. The van der Waals surface area contributed by atoms with Crippen molar-refractivity contribution in [2.24, 2.45) is 0 Å². The third kappa shape index (κ3) is 3.28. The second-order valence-corrected chi connectivity index (χ2v) is 4.30. The predicted octanol–water partition coefficient (Wildman–Crippen LogP) is 3.19. The van der Waals surface area contributed by atoms with Gasteiger partial charge in [-0.2, -0.15) is 5.26 Å². The lowest BCUT2D eigenvalue weighted by molar-refractivity contribution is 0.104. The van der Waals surface area contributed by atoms with Crippen molar-refractivity contribution in [2.75, 3.05) is 7.11 Å². The molecule has 0 saturated carbocycles. The second-order valence-electron chi connectivity index (χ2n) is 4.30. The first-order valence-corrected chi connectivity index (χ1v) is 6.24. The molecule has 21 heavy (non-hydrogen) atoms. The van der Waals surface area contributed by atoms with Gasteiger partial charge in [0.15, 0.2) is 11.5 Å². The van der Waals surface area contributed by atoms with E-state index >= 15 is 0 Å². The van der Waals surface area contributed by atoms with Gasteiger partial charge in [0.25, 0.3) is 0 Å². The highest BCUT2D eigenvalue weighted by molar-refractivity contribution is 6.14. The predicted molar refractivity (Wildman–Crippen MR) is 79.0 cm³/mol. The van der Waals surface area contributed by atoms with E-state index in [2.05, 4.69) is 0 Å². The number of phenolic OH excluding ortho intramolecular Hbond substituents is 1. The molecule has 0 saturated heterocycles. The summed E-state index contributed by atoms with van der Waals surface area (Å²) in [6.45, 7) is 0. The van der Waals surface area contributed by atoms with E-state index in [1.165, 1.54) is 19.3 Å². The summed E-state index contributed by atoms with van der Waals surface area (Å²) in [4.78, 5) is 12.2.